The Morgan fingerprint density at radius 2 is 2.27 bits per heavy atom. The normalized spacial score (nSPS) is 11.1. The van der Waals surface area contributed by atoms with E-state index in [1.807, 2.05) is 18.2 Å². The zero-order valence-electron chi connectivity index (χ0n) is 12.4. The monoisotopic (exact) mass is 364 g/mol. The van der Waals surface area contributed by atoms with E-state index in [1.165, 1.54) is 18.0 Å². The van der Waals surface area contributed by atoms with E-state index in [9.17, 15) is 4.79 Å². The number of carbonyl (C=O) groups is 1. The number of furan rings is 1. The minimum absolute atomic E-state index is 0.116. The zero-order chi connectivity index (χ0) is 15.9. The quantitative estimate of drug-likeness (QED) is 0.627. The molecule has 0 saturated carbocycles. The number of amides is 1. The van der Waals surface area contributed by atoms with Gasteiger partial charge in [-0.15, -0.1) is 0 Å². The van der Waals surface area contributed by atoms with E-state index in [0.717, 1.165) is 4.47 Å². The average molecular weight is 365 g/mol. The molecule has 0 fully saturated rings. The minimum atomic E-state index is -0.345. The molecule has 2 rings (SSSR count). The predicted octanol–water partition coefficient (Wildman–Crippen LogP) is 3.69. The second-order valence-corrected chi connectivity index (χ2v) is 5.80. The van der Waals surface area contributed by atoms with Crippen LogP contribution in [-0.2, 0) is 4.79 Å². The number of hydrogen-bond donors (Lipinski definition) is 1. The first-order valence-electron chi connectivity index (χ1n) is 6.84. The van der Waals surface area contributed by atoms with Gasteiger partial charge in [0.05, 0.1) is 17.0 Å². The maximum Gasteiger partial charge on any atom is 0.277 e. The summed E-state index contributed by atoms with van der Waals surface area (Å²) in [6.07, 6.45) is 2.95. The molecule has 0 bridgehead atoms. The average Bonchev–Trinajstić information content (AvgIpc) is 2.99. The number of hydrogen-bond acceptors (Lipinski definition) is 4. The van der Waals surface area contributed by atoms with E-state index in [2.05, 4.69) is 40.3 Å². The zero-order valence-corrected chi connectivity index (χ0v) is 14.0. The highest BCUT2D eigenvalue weighted by atomic mass is 79.9. The molecule has 0 radical (unpaired) electrons. The van der Waals surface area contributed by atoms with E-state index in [0.29, 0.717) is 17.4 Å². The molecular formula is C16H17BrN2O3. The first-order chi connectivity index (χ1) is 10.6. The van der Waals surface area contributed by atoms with Crippen LogP contribution in [0.25, 0.3) is 0 Å². The lowest BCUT2D eigenvalue weighted by atomic mass is 10.0. The van der Waals surface area contributed by atoms with Gasteiger partial charge in [0, 0.05) is 0 Å². The van der Waals surface area contributed by atoms with Gasteiger partial charge in [-0.25, -0.2) is 5.43 Å². The Hall–Kier alpha value is -2.08. The number of ether oxygens (including phenoxy) is 1. The topological polar surface area (TPSA) is 63.8 Å². The largest absolute Gasteiger partial charge is 0.483 e. The predicted molar refractivity (Wildman–Crippen MR) is 88.2 cm³/mol. The molecule has 0 aliphatic rings. The maximum absolute atomic E-state index is 11.6. The Morgan fingerprint density at radius 3 is 2.91 bits per heavy atom. The van der Waals surface area contributed by atoms with Crippen LogP contribution in [0.2, 0.25) is 0 Å². The van der Waals surface area contributed by atoms with Gasteiger partial charge in [-0.3, -0.25) is 4.79 Å². The number of rotatable bonds is 6. The molecule has 1 aromatic heterocycles. The molecule has 22 heavy (non-hydrogen) atoms. The van der Waals surface area contributed by atoms with Gasteiger partial charge in [0.15, 0.2) is 6.61 Å². The summed E-state index contributed by atoms with van der Waals surface area (Å²) < 4.78 is 11.3. The third-order valence-corrected chi connectivity index (χ3v) is 3.53. The summed E-state index contributed by atoms with van der Waals surface area (Å²) in [4.78, 5) is 11.6. The van der Waals surface area contributed by atoms with Crippen molar-refractivity contribution >= 4 is 28.1 Å². The molecule has 1 heterocycles. The van der Waals surface area contributed by atoms with Gasteiger partial charge >= 0.3 is 0 Å². The molecule has 0 aliphatic heterocycles. The third kappa shape index (κ3) is 4.73. The van der Waals surface area contributed by atoms with Crippen LogP contribution in [0.1, 0.15) is 31.1 Å². The number of hydrazone groups is 1. The van der Waals surface area contributed by atoms with Crippen LogP contribution < -0.4 is 10.2 Å². The summed E-state index contributed by atoms with van der Waals surface area (Å²) in [5.74, 6) is 1.27. The molecule has 0 spiro atoms. The standard InChI is InChI=1S/C16H17BrN2O3/c1-11(2)12-5-6-15(14(17)8-12)22-10-16(20)19-18-9-13-4-3-7-21-13/h3-9,11H,10H2,1-2H3,(H,19,20)/b18-9+. The second-order valence-electron chi connectivity index (χ2n) is 4.94. The SMILES string of the molecule is CC(C)c1ccc(OCC(=O)N/N=C/c2ccco2)c(Br)c1. The molecule has 6 heteroatoms. The van der Waals surface area contributed by atoms with Crippen molar-refractivity contribution in [2.75, 3.05) is 6.61 Å². The molecule has 0 saturated heterocycles. The van der Waals surface area contributed by atoms with Crippen LogP contribution in [0, 0.1) is 0 Å². The lowest BCUT2D eigenvalue weighted by Gasteiger charge is -2.10. The molecule has 0 unspecified atom stereocenters. The molecular weight excluding hydrogens is 348 g/mol. The van der Waals surface area contributed by atoms with Crippen molar-refractivity contribution in [3.63, 3.8) is 0 Å². The van der Waals surface area contributed by atoms with Crippen molar-refractivity contribution in [3.8, 4) is 5.75 Å². The van der Waals surface area contributed by atoms with Crippen molar-refractivity contribution < 1.29 is 13.9 Å². The molecule has 1 aromatic carbocycles. The molecule has 116 valence electrons. The highest BCUT2D eigenvalue weighted by Crippen LogP contribution is 2.28. The van der Waals surface area contributed by atoms with Gasteiger partial charge in [0.25, 0.3) is 5.91 Å². The highest BCUT2D eigenvalue weighted by molar-refractivity contribution is 9.10. The van der Waals surface area contributed by atoms with E-state index < -0.39 is 0 Å². The van der Waals surface area contributed by atoms with Crippen molar-refractivity contribution in [1.82, 2.24) is 5.43 Å². The lowest BCUT2D eigenvalue weighted by molar-refractivity contribution is -0.123. The van der Waals surface area contributed by atoms with E-state index in [4.69, 9.17) is 9.15 Å². The fourth-order valence-electron chi connectivity index (χ4n) is 1.70. The van der Waals surface area contributed by atoms with Crippen molar-refractivity contribution in [2.45, 2.75) is 19.8 Å². The number of carbonyl (C=O) groups excluding carboxylic acids is 1. The smallest absolute Gasteiger partial charge is 0.277 e. The maximum atomic E-state index is 11.6. The number of benzene rings is 1. The lowest BCUT2D eigenvalue weighted by Crippen LogP contribution is -2.24. The van der Waals surface area contributed by atoms with Crippen molar-refractivity contribution in [2.24, 2.45) is 5.10 Å². The van der Waals surface area contributed by atoms with Gasteiger partial charge in [0.2, 0.25) is 0 Å². The van der Waals surface area contributed by atoms with Crippen LogP contribution in [0.4, 0.5) is 0 Å². The molecule has 1 N–H and O–H groups in total. The van der Waals surface area contributed by atoms with Crippen LogP contribution >= 0.6 is 15.9 Å². The summed E-state index contributed by atoms with van der Waals surface area (Å²) in [7, 11) is 0. The van der Waals surface area contributed by atoms with Crippen LogP contribution in [0.5, 0.6) is 5.75 Å². The molecule has 5 nitrogen and oxygen atoms in total. The summed E-state index contributed by atoms with van der Waals surface area (Å²) in [6.45, 7) is 4.12. The van der Waals surface area contributed by atoms with Crippen LogP contribution in [-0.4, -0.2) is 18.7 Å². The van der Waals surface area contributed by atoms with Gasteiger partial charge in [-0.2, -0.15) is 5.10 Å². The number of nitrogens with one attached hydrogen (secondary N) is 1. The van der Waals surface area contributed by atoms with E-state index in [1.54, 1.807) is 12.1 Å². The minimum Gasteiger partial charge on any atom is -0.483 e. The fourth-order valence-corrected chi connectivity index (χ4v) is 2.21. The number of halogens is 1. The van der Waals surface area contributed by atoms with Crippen molar-refractivity contribution in [3.05, 3.63) is 52.4 Å². The van der Waals surface area contributed by atoms with Gasteiger partial charge < -0.3 is 9.15 Å². The number of nitrogens with zero attached hydrogens (tertiary/aromatic N) is 1. The Bertz CT molecular complexity index is 651. The summed E-state index contributed by atoms with van der Waals surface area (Å²) >= 11 is 3.45. The Kier molecular flexibility index (Phi) is 5.77. The first kappa shape index (κ1) is 16.3. The molecule has 2 aromatic rings. The van der Waals surface area contributed by atoms with E-state index >= 15 is 0 Å². The van der Waals surface area contributed by atoms with Gasteiger partial charge in [-0.1, -0.05) is 19.9 Å². The highest BCUT2D eigenvalue weighted by Gasteiger charge is 2.07. The van der Waals surface area contributed by atoms with E-state index in [-0.39, 0.29) is 12.5 Å². The van der Waals surface area contributed by atoms with Crippen LogP contribution in [0.3, 0.4) is 0 Å². The third-order valence-electron chi connectivity index (χ3n) is 2.91. The van der Waals surface area contributed by atoms with Gasteiger partial charge in [0.1, 0.15) is 11.5 Å². The Balaban J connectivity index is 1.83. The second kappa shape index (κ2) is 7.79. The van der Waals surface area contributed by atoms with Gasteiger partial charge in [-0.05, 0) is 51.7 Å². The van der Waals surface area contributed by atoms with Crippen LogP contribution in [0.15, 0.2) is 50.6 Å². The molecule has 0 atom stereocenters. The Labute approximate surface area is 137 Å². The molecule has 0 aliphatic carbocycles. The summed E-state index contributed by atoms with van der Waals surface area (Å²) in [5, 5.41) is 3.78. The van der Waals surface area contributed by atoms with Crippen molar-refractivity contribution in [1.29, 1.82) is 0 Å². The first-order valence-corrected chi connectivity index (χ1v) is 7.63. The fraction of sp³-hybridized carbons (Fsp3) is 0.250. The summed E-state index contributed by atoms with van der Waals surface area (Å²) in [5.41, 5.74) is 3.57. The molecule has 1 amide bonds. The Morgan fingerprint density at radius 1 is 1.45 bits per heavy atom. The summed E-state index contributed by atoms with van der Waals surface area (Å²) in [6, 6.07) is 9.30.